The number of aryl methyl sites for hydroxylation is 1. The Morgan fingerprint density at radius 1 is 1.23 bits per heavy atom. The molecule has 2 atom stereocenters. The summed E-state index contributed by atoms with van der Waals surface area (Å²) in [6.07, 6.45) is 2.51. The van der Waals surface area contributed by atoms with E-state index >= 15 is 0 Å². The maximum atomic E-state index is 3.57. The van der Waals surface area contributed by atoms with Crippen molar-refractivity contribution in [2.45, 2.75) is 32.7 Å². The zero-order chi connectivity index (χ0) is 9.26. The highest BCUT2D eigenvalue weighted by Gasteiger charge is 2.17. The van der Waals surface area contributed by atoms with Gasteiger partial charge in [0.1, 0.15) is 0 Å². The lowest BCUT2D eigenvalue weighted by atomic mass is 9.98. The third-order valence-electron chi connectivity index (χ3n) is 3.12. The SMILES string of the molecule is CC1CCc2ccccc2NC1C. The molecule has 0 radical (unpaired) electrons. The first kappa shape index (κ1) is 8.61. The average molecular weight is 175 g/mol. The molecule has 0 saturated carbocycles. The Kier molecular flexibility index (Phi) is 2.26. The van der Waals surface area contributed by atoms with E-state index in [9.17, 15) is 0 Å². The number of rotatable bonds is 0. The van der Waals surface area contributed by atoms with Gasteiger partial charge in [0.15, 0.2) is 0 Å². The molecular formula is C12H17N. The van der Waals surface area contributed by atoms with Crippen LogP contribution in [0.15, 0.2) is 24.3 Å². The summed E-state index contributed by atoms with van der Waals surface area (Å²) in [5.74, 6) is 0.771. The summed E-state index contributed by atoms with van der Waals surface area (Å²) in [5, 5.41) is 3.57. The molecular weight excluding hydrogens is 158 g/mol. The Bertz CT molecular complexity index is 293. The minimum atomic E-state index is 0.601. The number of hydrogen-bond donors (Lipinski definition) is 1. The van der Waals surface area contributed by atoms with Crippen molar-refractivity contribution in [3.05, 3.63) is 29.8 Å². The lowest BCUT2D eigenvalue weighted by molar-refractivity contribution is 0.483. The fourth-order valence-electron chi connectivity index (χ4n) is 1.90. The van der Waals surface area contributed by atoms with Crippen LogP contribution in [0.4, 0.5) is 5.69 Å². The van der Waals surface area contributed by atoms with Crippen LogP contribution >= 0.6 is 0 Å². The highest BCUT2D eigenvalue weighted by atomic mass is 14.9. The van der Waals surface area contributed by atoms with Gasteiger partial charge in [-0.15, -0.1) is 0 Å². The van der Waals surface area contributed by atoms with E-state index in [1.165, 1.54) is 24.1 Å². The molecule has 0 aromatic heterocycles. The normalized spacial score (nSPS) is 27.2. The van der Waals surface area contributed by atoms with Crippen LogP contribution in [0.25, 0.3) is 0 Å². The lowest BCUT2D eigenvalue weighted by Crippen LogP contribution is -2.21. The van der Waals surface area contributed by atoms with E-state index in [-0.39, 0.29) is 0 Å². The van der Waals surface area contributed by atoms with Crippen LogP contribution in [0.5, 0.6) is 0 Å². The monoisotopic (exact) mass is 175 g/mol. The van der Waals surface area contributed by atoms with Gasteiger partial charge < -0.3 is 5.32 Å². The maximum absolute atomic E-state index is 3.57. The molecule has 1 heteroatoms. The summed E-state index contributed by atoms with van der Waals surface area (Å²) in [6, 6.07) is 9.25. The van der Waals surface area contributed by atoms with Gasteiger partial charge in [-0.05, 0) is 37.3 Å². The van der Waals surface area contributed by atoms with E-state index in [2.05, 4.69) is 43.4 Å². The van der Waals surface area contributed by atoms with Crippen molar-refractivity contribution in [3.8, 4) is 0 Å². The fraction of sp³-hybridized carbons (Fsp3) is 0.500. The Morgan fingerprint density at radius 3 is 2.85 bits per heavy atom. The van der Waals surface area contributed by atoms with E-state index < -0.39 is 0 Å². The molecule has 0 saturated heterocycles. The second kappa shape index (κ2) is 3.41. The van der Waals surface area contributed by atoms with Gasteiger partial charge in [-0.25, -0.2) is 0 Å². The van der Waals surface area contributed by atoms with Gasteiger partial charge in [-0.1, -0.05) is 25.1 Å². The van der Waals surface area contributed by atoms with E-state index in [4.69, 9.17) is 0 Å². The molecule has 1 N–H and O–H groups in total. The van der Waals surface area contributed by atoms with Gasteiger partial charge in [0.25, 0.3) is 0 Å². The zero-order valence-electron chi connectivity index (χ0n) is 8.38. The molecule has 0 fully saturated rings. The van der Waals surface area contributed by atoms with Crippen LogP contribution < -0.4 is 5.32 Å². The smallest absolute Gasteiger partial charge is 0.0374 e. The number of benzene rings is 1. The highest BCUT2D eigenvalue weighted by molar-refractivity contribution is 5.52. The molecule has 2 unspecified atom stereocenters. The summed E-state index contributed by atoms with van der Waals surface area (Å²) in [4.78, 5) is 0. The van der Waals surface area contributed by atoms with Crippen LogP contribution in [0, 0.1) is 5.92 Å². The van der Waals surface area contributed by atoms with Gasteiger partial charge in [0.2, 0.25) is 0 Å². The summed E-state index contributed by atoms with van der Waals surface area (Å²) in [7, 11) is 0. The molecule has 1 aliphatic heterocycles. The van der Waals surface area contributed by atoms with Crippen LogP contribution in [-0.2, 0) is 6.42 Å². The second-order valence-corrected chi connectivity index (χ2v) is 4.11. The standard InChI is InChI=1S/C12H17N/c1-9-7-8-11-5-3-4-6-12(11)13-10(9)2/h3-6,9-10,13H,7-8H2,1-2H3. The van der Waals surface area contributed by atoms with Crippen LogP contribution in [0.2, 0.25) is 0 Å². The van der Waals surface area contributed by atoms with Gasteiger partial charge in [-0.3, -0.25) is 0 Å². The fourth-order valence-corrected chi connectivity index (χ4v) is 1.90. The van der Waals surface area contributed by atoms with Crippen LogP contribution in [-0.4, -0.2) is 6.04 Å². The predicted molar refractivity (Wildman–Crippen MR) is 57.0 cm³/mol. The molecule has 1 aromatic rings. The van der Waals surface area contributed by atoms with Crippen molar-refractivity contribution in [2.24, 2.45) is 5.92 Å². The van der Waals surface area contributed by atoms with Gasteiger partial charge in [-0.2, -0.15) is 0 Å². The molecule has 70 valence electrons. The first-order valence-electron chi connectivity index (χ1n) is 5.12. The first-order valence-corrected chi connectivity index (χ1v) is 5.12. The van der Waals surface area contributed by atoms with Gasteiger partial charge in [0.05, 0.1) is 0 Å². The van der Waals surface area contributed by atoms with Crippen LogP contribution in [0.1, 0.15) is 25.8 Å². The largest absolute Gasteiger partial charge is 0.382 e. The molecule has 1 aromatic carbocycles. The summed E-state index contributed by atoms with van der Waals surface area (Å²) in [5.41, 5.74) is 2.80. The van der Waals surface area contributed by atoms with Crippen LogP contribution in [0.3, 0.4) is 0 Å². The third kappa shape index (κ3) is 1.69. The second-order valence-electron chi connectivity index (χ2n) is 4.11. The molecule has 0 amide bonds. The number of nitrogens with one attached hydrogen (secondary N) is 1. The van der Waals surface area contributed by atoms with Crippen molar-refractivity contribution in [1.82, 2.24) is 0 Å². The summed E-state index contributed by atoms with van der Waals surface area (Å²) >= 11 is 0. The van der Waals surface area contributed by atoms with Crippen molar-refractivity contribution < 1.29 is 0 Å². The minimum absolute atomic E-state index is 0.601. The Hall–Kier alpha value is -0.980. The molecule has 0 aliphatic carbocycles. The molecule has 0 spiro atoms. The molecule has 1 heterocycles. The quantitative estimate of drug-likeness (QED) is 0.639. The van der Waals surface area contributed by atoms with E-state index in [1.54, 1.807) is 0 Å². The molecule has 2 rings (SSSR count). The molecule has 0 bridgehead atoms. The number of fused-ring (bicyclic) bond motifs is 1. The number of hydrogen-bond acceptors (Lipinski definition) is 1. The van der Waals surface area contributed by atoms with E-state index in [0.29, 0.717) is 6.04 Å². The summed E-state index contributed by atoms with van der Waals surface area (Å²) < 4.78 is 0. The molecule has 1 nitrogen and oxygen atoms in total. The zero-order valence-corrected chi connectivity index (χ0v) is 8.38. The Morgan fingerprint density at radius 2 is 2.00 bits per heavy atom. The lowest BCUT2D eigenvalue weighted by Gasteiger charge is -2.18. The van der Waals surface area contributed by atoms with Crippen molar-refractivity contribution in [3.63, 3.8) is 0 Å². The minimum Gasteiger partial charge on any atom is -0.382 e. The predicted octanol–water partition coefficient (Wildman–Crippen LogP) is 3.07. The van der Waals surface area contributed by atoms with Gasteiger partial charge >= 0.3 is 0 Å². The Balaban J connectivity index is 2.29. The number of anilines is 1. The number of para-hydroxylation sites is 1. The third-order valence-corrected chi connectivity index (χ3v) is 3.12. The molecule has 13 heavy (non-hydrogen) atoms. The first-order chi connectivity index (χ1) is 6.27. The van der Waals surface area contributed by atoms with E-state index in [0.717, 1.165) is 5.92 Å². The highest BCUT2D eigenvalue weighted by Crippen LogP contribution is 2.26. The van der Waals surface area contributed by atoms with Crippen molar-refractivity contribution in [2.75, 3.05) is 5.32 Å². The van der Waals surface area contributed by atoms with Gasteiger partial charge in [0, 0.05) is 11.7 Å². The molecule has 1 aliphatic rings. The van der Waals surface area contributed by atoms with Crippen molar-refractivity contribution in [1.29, 1.82) is 0 Å². The Labute approximate surface area is 80.2 Å². The average Bonchev–Trinajstić information content (AvgIpc) is 2.28. The van der Waals surface area contributed by atoms with E-state index in [1.807, 2.05) is 0 Å². The van der Waals surface area contributed by atoms with Crippen molar-refractivity contribution >= 4 is 5.69 Å². The topological polar surface area (TPSA) is 12.0 Å². The summed E-state index contributed by atoms with van der Waals surface area (Å²) in [6.45, 7) is 4.59. The maximum Gasteiger partial charge on any atom is 0.0374 e.